The van der Waals surface area contributed by atoms with E-state index in [9.17, 15) is 4.79 Å². The number of methoxy groups -OCH3 is 1. The number of rotatable bonds is 3. The van der Waals surface area contributed by atoms with Crippen molar-refractivity contribution in [3.05, 3.63) is 60.3 Å². The van der Waals surface area contributed by atoms with Gasteiger partial charge in [0.2, 0.25) is 5.95 Å². The number of nitrogens with one attached hydrogen (secondary N) is 2. The van der Waals surface area contributed by atoms with E-state index in [2.05, 4.69) is 20.3 Å². The van der Waals surface area contributed by atoms with Crippen molar-refractivity contribution in [1.29, 1.82) is 0 Å². The van der Waals surface area contributed by atoms with E-state index in [0.717, 1.165) is 21.8 Å². The Bertz CT molecular complexity index is 1060. The molecule has 0 amide bonds. The summed E-state index contributed by atoms with van der Waals surface area (Å²) in [5.74, 6) is 0.882. The SMILES string of the molecule is COC(=O)c1ccc2nc(Nc3cc4ccccc4cn3)[nH]c2c1. The molecule has 6 heteroatoms. The number of nitrogens with zero attached hydrogens (tertiary/aromatic N) is 2. The Labute approximate surface area is 137 Å². The Balaban J connectivity index is 1.66. The maximum Gasteiger partial charge on any atom is 0.337 e. The third-order valence-corrected chi connectivity index (χ3v) is 3.78. The predicted octanol–water partition coefficient (Wildman–Crippen LogP) is 3.64. The Morgan fingerprint density at radius 1 is 1.12 bits per heavy atom. The Morgan fingerprint density at radius 2 is 1.96 bits per heavy atom. The molecule has 0 aliphatic carbocycles. The molecule has 0 radical (unpaired) electrons. The van der Waals surface area contributed by atoms with Gasteiger partial charge in [-0.1, -0.05) is 24.3 Å². The zero-order valence-corrected chi connectivity index (χ0v) is 12.9. The molecule has 118 valence electrons. The van der Waals surface area contributed by atoms with Crippen LogP contribution in [0.15, 0.2) is 54.7 Å². The number of hydrogen-bond donors (Lipinski definition) is 2. The number of benzene rings is 2. The minimum Gasteiger partial charge on any atom is -0.465 e. The van der Waals surface area contributed by atoms with Crippen molar-refractivity contribution in [2.24, 2.45) is 0 Å². The van der Waals surface area contributed by atoms with E-state index in [4.69, 9.17) is 4.74 Å². The van der Waals surface area contributed by atoms with Crippen LogP contribution in [0, 0.1) is 0 Å². The number of carbonyl (C=O) groups excluding carboxylic acids is 1. The topological polar surface area (TPSA) is 79.9 Å². The molecule has 2 heterocycles. The van der Waals surface area contributed by atoms with Gasteiger partial charge in [0.05, 0.1) is 23.7 Å². The maximum absolute atomic E-state index is 11.6. The van der Waals surface area contributed by atoms with E-state index in [1.807, 2.05) is 36.5 Å². The summed E-state index contributed by atoms with van der Waals surface area (Å²) in [6, 6.07) is 15.2. The number of H-pyrrole nitrogens is 1. The molecule has 2 aromatic heterocycles. The molecule has 0 saturated carbocycles. The van der Waals surface area contributed by atoms with Crippen molar-refractivity contribution in [2.45, 2.75) is 0 Å². The largest absolute Gasteiger partial charge is 0.465 e. The normalized spacial score (nSPS) is 10.9. The number of hydrogen-bond acceptors (Lipinski definition) is 5. The molecular formula is C18H14N4O2. The predicted molar refractivity (Wildman–Crippen MR) is 92.5 cm³/mol. The first-order valence-corrected chi connectivity index (χ1v) is 7.43. The molecule has 0 unspecified atom stereocenters. The summed E-state index contributed by atoms with van der Waals surface area (Å²) in [6.07, 6.45) is 1.82. The fourth-order valence-electron chi connectivity index (χ4n) is 2.59. The Morgan fingerprint density at radius 3 is 2.79 bits per heavy atom. The van der Waals surface area contributed by atoms with Gasteiger partial charge in [-0.25, -0.2) is 14.8 Å². The van der Waals surface area contributed by atoms with Crippen molar-refractivity contribution in [3.63, 3.8) is 0 Å². The molecule has 0 aliphatic heterocycles. The van der Waals surface area contributed by atoms with E-state index in [0.29, 0.717) is 17.3 Å². The second-order valence-electron chi connectivity index (χ2n) is 5.35. The standard InChI is InChI=1S/C18H14N4O2/c1-24-17(23)12-6-7-14-15(8-12)21-18(20-14)22-16-9-11-4-2-3-5-13(11)10-19-16/h2-10H,1H3,(H2,19,20,21,22). The number of ether oxygens (including phenoxy) is 1. The average molecular weight is 318 g/mol. The highest BCUT2D eigenvalue weighted by Crippen LogP contribution is 2.21. The van der Waals surface area contributed by atoms with Gasteiger partial charge >= 0.3 is 5.97 Å². The van der Waals surface area contributed by atoms with E-state index < -0.39 is 0 Å². The Kier molecular flexibility index (Phi) is 3.35. The average Bonchev–Trinajstić information content (AvgIpc) is 3.02. The van der Waals surface area contributed by atoms with Crippen LogP contribution in [0.5, 0.6) is 0 Å². The van der Waals surface area contributed by atoms with Gasteiger partial charge in [-0.05, 0) is 29.7 Å². The first kappa shape index (κ1) is 14.2. The summed E-state index contributed by atoms with van der Waals surface area (Å²) < 4.78 is 4.73. The highest BCUT2D eigenvalue weighted by atomic mass is 16.5. The molecule has 0 fully saturated rings. The second kappa shape index (κ2) is 5.66. The van der Waals surface area contributed by atoms with Crippen molar-refractivity contribution >= 4 is 39.5 Å². The lowest BCUT2D eigenvalue weighted by atomic mass is 10.2. The lowest BCUT2D eigenvalue weighted by Crippen LogP contribution is -2.00. The Hall–Kier alpha value is -3.41. The van der Waals surface area contributed by atoms with E-state index in [-0.39, 0.29) is 5.97 Å². The zero-order valence-electron chi connectivity index (χ0n) is 12.9. The molecule has 0 atom stereocenters. The summed E-state index contributed by atoms with van der Waals surface area (Å²) in [5.41, 5.74) is 1.98. The van der Waals surface area contributed by atoms with Crippen LogP contribution in [0.25, 0.3) is 21.8 Å². The van der Waals surface area contributed by atoms with Crippen molar-refractivity contribution < 1.29 is 9.53 Å². The number of anilines is 2. The van der Waals surface area contributed by atoms with Gasteiger partial charge in [0.15, 0.2) is 0 Å². The van der Waals surface area contributed by atoms with Crippen LogP contribution in [0.4, 0.5) is 11.8 Å². The van der Waals surface area contributed by atoms with Gasteiger partial charge in [-0.15, -0.1) is 0 Å². The van der Waals surface area contributed by atoms with Crippen LogP contribution in [0.2, 0.25) is 0 Å². The molecule has 0 saturated heterocycles. The molecule has 0 bridgehead atoms. The zero-order chi connectivity index (χ0) is 16.5. The van der Waals surface area contributed by atoms with Gasteiger partial charge in [-0.3, -0.25) is 0 Å². The smallest absolute Gasteiger partial charge is 0.337 e. The number of aromatic nitrogens is 3. The number of imidazole rings is 1. The summed E-state index contributed by atoms with van der Waals surface area (Å²) in [4.78, 5) is 23.6. The number of esters is 1. The third-order valence-electron chi connectivity index (χ3n) is 3.78. The molecule has 6 nitrogen and oxygen atoms in total. The first-order chi connectivity index (χ1) is 11.7. The maximum atomic E-state index is 11.6. The van der Waals surface area contributed by atoms with Crippen molar-refractivity contribution in [3.8, 4) is 0 Å². The van der Waals surface area contributed by atoms with Crippen molar-refractivity contribution in [2.75, 3.05) is 12.4 Å². The molecule has 4 rings (SSSR count). The second-order valence-corrected chi connectivity index (χ2v) is 5.35. The molecule has 0 spiro atoms. The van der Waals surface area contributed by atoms with Crippen LogP contribution in [0.3, 0.4) is 0 Å². The molecular weight excluding hydrogens is 304 g/mol. The lowest BCUT2D eigenvalue weighted by Gasteiger charge is -2.03. The third kappa shape index (κ3) is 2.54. The minimum atomic E-state index is -0.378. The quantitative estimate of drug-likeness (QED) is 0.564. The number of fused-ring (bicyclic) bond motifs is 2. The molecule has 24 heavy (non-hydrogen) atoms. The summed E-state index contributed by atoms with van der Waals surface area (Å²) in [6.45, 7) is 0. The van der Waals surface area contributed by atoms with E-state index >= 15 is 0 Å². The number of pyridine rings is 1. The lowest BCUT2D eigenvalue weighted by molar-refractivity contribution is 0.0601. The van der Waals surface area contributed by atoms with E-state index in [1.165, 1.54) is 7.11 Å². The van der Waals surface area contributed by atoms with E-state index in [1.54, 1.807) is 18.2 Å². The van der Waals surface area contributed by atoms with Crippen molar-refractivity contribution in [1.82, 2.24) is 15.0 Å². The first-order valence-electron chi connectivity index (χ1n) is 7.43. The van der Waals surface area contributed by atoms with Gasteiger partial charge < -0.3 is 15.0 Å². The molecule has 2 N–H and O–H groups in total. The highest BCUT2D eigenvalue weighted by molar-refractivity contribution is 5.94. The number of carbonyl (C=O) groups is 1. The van der Waals surface area contributed by atoms with Gasteiger partial charge in [0.25, 0.3) is 0 Å². The summed E-state index contributed by atoms with van der Waals surface area (Å²) in [5, 5.41) is 5.33. The molecule has 4 aromatic rings. The van der Waals surface area contributed by atoms with Crippen LogP contribution < -0.4 is 5.32 Å². The monoisotopic (exact) mass is 318 g/mol. The summed E-state index contributed by atoms with van der Waals surface area (Å²) >= 11 is 0. The van der Waals surface area contributed by atoms with Crippen LogP contribution in [-0.2, 0) is 4.74 Å². The van der Waals surface area contributed by atoms with Gasteiger partial charge in [0, 0.05) is 11.6 Å². The summed E-state index contributed by atoms with van der Waals surface area (Å²) in [7, 11) is 1.36. The number of aromatic amines is 1. The van der Waals surface area contributed by atoms with Crippen LogP contribution in [-0.4, -0.2) is 28.0 Å². The highest BCUT2D eigenvalue weighted by Gasteiger charge is 2.09. The molecule has 0 aliphatic rings. The van der Waals surface area contributed by atoms with Crippen LogP contribution >= 0.6 is 0 Å². The van der Waals surface area contributed by atoms with Gasteiger partial charge in [0.1, 0.15) is 5.82 Å². The fraction of sp³-hybridized carbons (Fsp3) is 0.0556. The molecule has 2 aromatic carbocycles. The fourth-order valence-corrected chi connectivity index (χ4v) is 2.59. The van der Waals surface area contributed by atoms with Crippen LogP contribution in [0.1, 0.15) is 10.4 Å². The van der Waals surface area contributed by atoms with Gasteiger partial charge in [-0.2, -0.15) is 0 Å². The minimum absolute atomic E-state index is 0.378.